The van der Waals surface area contributed by atoms with Gasteiger partial charge in [-0.1, -0.05) is 6.07 Å². The number of hydrogen-bond donors (Lipinski definition) is 0. The number of rotatable bonds is 2. The molecular weight excluding hydrogens is 192 g/mol. The highest BCUT2D eigenvalue weighted by Gasteiger charge is 2.10. The lowest BCUT2D eigenvalue weighted by Crippen LogP contribution is -1.95. The summed E-state index contributed by atoms with van der Waals surface area (Å²) in [5, 5.41) is 10.7. The number of aryl methyl sites for hydroxylation is 1. The zero-order valence-electron chi connectivity index (χ0n) is 8.25. The highest BCUT2D eigenvalue weighted by Crippen LogP contribution is 2.21. The van der Waals surface area contributed by atoms with E-state index in [-0.39, 0.29) is 10.6 Å². The van der Waals surface area contributed by atoms with Crippen molar-refractivity contribution in [2.24, 2.45) is 0 Å². The zero-order valence-corrected chi connectivity index (χ0v) is 8.25. The largest absolute Gasteiger partial charge is 0.324 e. The highest BCUT2D eigenvalue weighted by molar-refractivity contribution is 5.48. The Hall–Kier alpha value is -2.10. The van der Waals surface area contributed by atoms with Crippen molar-refractivity contribution < 1.29 is 4.92 Å². The van der Waals surface area contributed by atoms with Gasteiger partial charge >= 0.3 is 0 Å². The van der Waals surface area contributed by atoms with Gasteiger partial charge in [0.15, 0.2) is 0 Å². The van der Waals surface area contributed by atoms with E-state index < -0.39 is 0 Å². The molecule has 0 aliphatic carbocycles. The molecule has 1 aromatic heterocycles. The topological polar surface area (TPSA) is 48.1 Å². The van der Waals surface area contributed by atoms with Gasteiger partial charge in [0.1, 0.15) is 0 Å². The van der Waals surface area contributed by atoms with Gasteiger partial charge < -0.3 is 4.57 Å². The molecule has 2 aromatic rings. The minimum atomic E-state index is -0.359. The normalized spacial score (nSPS) is 10.2. The van der Waals surface area contributed by atoms with Crippen LogP contribution in [0.2, 0.25) is 0 Å². The summed E-state index contributed by atoms with van der Waals surface area (Å²) in [6.07, 6.45) is 3.71. The molecule has 76 valence electrons. The number of benzene rings is 1. The quantitative estimate of drug-likeness (QED) is 0.555. The van der Waals surface area contributed by atoms with Crippen molar-refractivity contribution in [3.05, 3.63) is 58.4 Å². The van der Waals surface area contributed by atoms with Gasteiger partial charge in [-0.3, -0.25) is 10.1 Å². The van der Waals surface area contributed by atoms with Crippen molar-refractivity contribution in [2.45, 2.75) is 6.92 Å². The van der Waals surface area contributed by atoms with E-state index in [2.05, 4.69) is 0 Å². The Morgan fingerprint density at radius 2 is 1.93 bits per heavy atom. The second-order valence-corrected chi connectivity index (χ2v) is 3.32. The fraction of sp³-hybridized carbons (Fsp3) is 0.0909. The summed E-state index contributed by atoms with van der Waals surface area (Å²) in [5.41, 5.74) is 1.63. The molecule has 0 saturated heterocycles. The van der Waals surface area contributed by atoms with E-state index in [4.69, 9.17) is 0 Å². The maximum Gasteiger partial charge on any atom is 0.274 e. The molecule has 4 heteroatoms. The van der Waals surface area contributed by atoms with Crippen LogP contribution in [-0.2, 0) is 0 Å². The maximum absolute atomic E-state index is 10.7. The maximum atomic E-state index is 10.7. The molecule has 0 bridgehead atoms. The molecule has 0 unspecified atom stereocenters. The summed E-state index contributed by atoms with van der Waals surface area (Å²) in [4.78, 5) is 10.4. The van der Waals surface area contributed by atoms with Crippen LogP contribution in [0.25, 0.3) is 5.69 Å². The Morgan fingerprint density at radius 3 is 2.53 bits per heavy atom. The Balaban J connectivity index is 2.52. The molecule has 0 aliphatic rings. The Morgan fingerprint density at radius 1 is 1.27 bits per heavy atom. The molecule has 1 aromatic carbocycles. The molecule has 1 heterocycles. The predicted molar refractivity (Wildman–Crippen MR) is 57.2 cm³/mol. The first-order valence-corrected chi connectivity index (χ1v) is 4.57. The number of nitro benzene ring substituents is 1. The number of nitro groups is 1. The molecule has 0 N–H and O–H groups in total. The van der Waals surface area contributed by atoms with Crippen LogP contribution >= 0.6 is 0 Å². The van der Waals surface area contributed by atoms with E-state index in [0.29, 0.717) is 5.56 Å². The average molecular weight is 202 g/mol. The van der Waals surface area contributed by atoms with Crippen LogP contribution in [0.15, 0.2) is 42.7 Å². The van der Waals surface area contributed by atoms with Gasteiger partial charge in [-0.2, -0.15) is 0 Å². The second-order valence-electron chi connectivity index (χ2n) is 3.32. The predicted octanol–water partition coefficient (Wildman–Crippen LogP) is 2.69. The van der Waals surface area contributed by atoms with Crippen molar-refractivity contribution in [3.8, 4) is 5.69 Å². The average Bonchev–Trinajstić information content (AvgIpc) is 2.71. The third-order valence-corrected chi connectivity index (χ3v) is 2.29. The summed E-state index contributed by atoms with van der Waals surface area (Å²) in [6.45, 7) is 1.73. The lowest BCUT2D eigenvalue weighted by atomic mass is 10.2. The van der Waals surface area contributed by atoms with Gasteiger partial charge in [0, 0.05) is 24.0 Å². The number of hydrogen-bond acceptors (Lipinski definition) is 2. The molecule has 0 atom stereocenters. The van der Waals surface area contributed by atoms with E-state index in [1.54, 1.807) is 19.1 Å². The van der Waals surface area contributed by atoms with Crippen molar-refractivity contribution >= 4 is 5.69 Å². The zero-order chi connectivity index (χ0) is 10.8. The molecule has 0 aliphatic heterocycles. The van der Waals surface area contributed by atoms with E-state index in [1.165, 1.54) is 0 Å². The Bertz CT molecular complexity index is 489. The molecule has 15 heavy (non-hydrogen) atoms. The van der Waals surface area contributed by atoms with Gasteiger partial charge in [0.25, 0.3) is 5.69 Å². The first-order valence-electron chi connectivity index (χ1n) is 4.57. The molecular formula is C11H10N2O2. The van der Waals surface area contributed by atoms with Gasteiger partial charge in [0.05, 0.1) is 10.6 Å². The Kier molecular flexibility index (Phi) is 2.25. The van der Waals surface area contributed by atoms with E-state index in [0.717, 1.165) is 5.69 Å². The van der Waals surface area contributed by atoms with Gasteiger partial charge in [0.2, 0.25) is 0 Å². The molecule has 0 fully saturated rings. The molecule has 4 nitrogen and oxygen atoms in total. The van der Waals surface area contributed by atoms with Crippen molar-refractivity contribution in [3.63, 3.8) is 0 Å². The first-order chi connectivity index (χ1) is 7.18. The third kappa shape index (κ3) is 1.74. The number of nitrogens with zero attached hydrogens (tertiary/aromatic N) is 2. The van der Waals surface area contributed by atoms with Gasteiger partial charge in [-0.15, -0.1) is 0 Å². The van der Waals surface area contributed by atoms with E-state index in [9.17, 15) is 10.1 Å². The minimum absolute atomic E-state index is 0.154. The molecule has 0 saturated carbocycles. The minimum Gasteiger partial charge on any atom is -0.324 e. The van der Waals surface area contributed by atoms with Crippen LogP contribution in [0.4, 0.5) is 5.69 Å². The Labute approximate surface area is 86.9 Å². The number of aromatic nitrogens is 1. The lowest BCUT2D eigenvalue weighted by Gasteiger charge is -2.03. The van der Waals surface area contributed by atoms with Crippen LogP contribution in [-0.4, -0.2) is 9.49 Å². The monoisotopic (exact) mass is 202 g/mol. The lowest BCUT2D eigenvalue weighted by molar-refractivity contribution is -0.385. The molecule has 2 rings (SSSR count). The molecule has 0 amide bonds. The van der Waals surface area contributed by atoms with Gasteiger partial charge in [-0.05, 0) is 25.1 Å². The molecule has 0 radical (unpaired) electrons. The SMILES string of the molecule is Cc1ccc(-n2cccc2)cc1[N+](=O)[O-]. The summed E-state index contributed by atoms with van der Waals surface area (Å²) < 4.78 is 1.84. The first kappa shape index (κ1) is 9.45. The third-order valence-electron chi connectivity index (χ3n) is 2.29. The van der Waals surface area contributed by atoms with Crippen LogP contribution in [0.1, 0.15) is 5.56 Å². The van der Waals surface area contributed by atoms with Crippen molar-refractivity contribution in [1.82, 2.24) is 4.57 Å². The summed E-state index contributed by atoms with van der Waals surface area (Å²) in [5.74, 6) is 0. The summed E-state index contributed by atoms with van der Waals surface area (Å²) in [7, 11) is 0. The smallest absolute Gasteiger partial charge is 0.274 e. The van der Waals surface area contributed by atoms with Crippen molar-refractivity contribution in [2.75, 3.05) is 0 Å². The van der Waals surface area contributed by atoms with E-state index in [1.807, 2.05) is 35.2 Å². The van der Waals surface area contributed by atoms with Crippen LogP contribution in [0.5, 0.6) is 0 Å². The van der Waals surface area contributed by atoms with Crippen LogP contribution in [0.3, 0.4) is 0 Å². The van der Waals surface area contributed by atoms with Crippen LogP contribution < -0.4 is 0 Å². The fourth-order valence-electron chi connectivity index (χ4n) is 1.46. The van der Waals surface area contributed by atoms with Gasteiger partial charge in [-0.25, -0.2) is 0 Å². The summed E-state index contributed by atoms with van der Waals surface area (Å²) in [6, 6.07) is 8.96. The summed E-state index contributed by atoms with van der Waals surface area (Å²) >= 11 is 0. The fourth-order valence-corrected chi connectivity index (χ4v) is 1.46. The molecule has 0 spiro atoms. The van der Waals surface area contributed by atoms with Crippen LogP contribution in [0, 0.1) is 17.0 Å². The second kappa shape index (κ2) is 3.57. The van der Waals surface area contributed by atoms with Crippen molar-refractivity contribution in [1.29, 1.82) is 0 Å². The highest BCUT2D eigenvalue weighted by atomic mass is 16.6. The standard InChI is InChI=1S/C11H10N2O2/c1-9-4-5-10(8-11(9)13(14)15)12-6-2-3-7-12/h2-8H,1H3. The van der Waals surface area contributed by atoms with E-state index >= 15 is 0 Å².